The van der Waals surface area contributed by atoms with E-state index in [9.17, 15) is 19.1 Å². The van der Waals surface area contributed by atoms with Gasteiger partial charge in [0.15, 0.2) is 0 Å². The number of carbonyl (C=O) groups excluding carboxylic acids is 2. The lowest BCUT2D eigenvalue weighted by Crippen LogP contribution is -2.29. The summed E-state index contributed by atoms with van der Waals surface area (Å²) >= 11 is 0. The van der Waals surface area contributed by atoms with Crippen molar-refractivity contribution in [3.05, 3.63) is 107 Å². The minimum Gasteiger partial charge on any atom is -0.507 e. The van der Waals surface area contributed by atoms with Crippen molar-refractivity contribution in [2.24, 2.45) is 7.05 Å². The number of halogens is 1. The molecule has 0 spiro atoms. The lowest BCUT2D eigenvalue weighted by Gasteiger charge is -2.25. The number of aliphatic hydroxyl groups is 1. The minimum absolute atomic E-state index is 0.0173. The van der Waals surface area contributed by atoms with E-state index in [2.05, 4.69) is 0 Å². The average molecular weight is 513 g/mol. The second-order valence-corrected chi connectivity index (χ2v) is 9.91. The predicted molar refractivity (Wildman–Crippen MR) is 144 cm³/mol. The van der Waals surface area contributed by atoms with E-state index in [0.717, 1.165) is 22.0 Å². The van der Waals surface area contributed by atoms with Gasteiger partial charge in [0, 0.05) is 41.8 Å². The van der Waals surface area contributed by atoms with Crippen LogP contribution in [0.1, 0.15) is 42.1 Å². The number of fused-ring (bicyclic) bond motifs is 1. The van der Waals surface area contributed by atoms with Gasteiger partial charge in [0.25, 0.3) is 11.7 Å². The fourth-order valence-electron chi connectivity index (χ4n) is 5.08. The average Bonchev–Trinajstić information content (AvgIpc) is 3.34. The summed E-state index contributed by atoms with van der Waals surface area (Å²) in [5.74, 6) is -1.43. The SMILES string of the molecule is Cc1cc(/C(O)=C2\C(=O)C(=O)N(Cc3ccc(F)cc3)C2c2cn(C)c3ccccc23)ccc1OC(C)C. The van der Waals surface area contributed by atoms with Gasteiger partial charge >= 0.3 is 0 Å². The maximum absolute atomic E-state index is 13.6. The third kappa shape index (κ3) is 4.45. The number of aromatic nitrogens is 1. The molecule has 38 heavy (non-hydrogen) atoms. The molecule has 4 aromatic rings. The number of rotatable bonds is 6. The molecule has 1 aromatic heterocycles. The van der Waals surface area contributed by atoms with E-state index in [1.54, 1.807) is 30.3 Å². The molecule has 1 N–H and O–H groups in total. The van der Waals surface area contributed by atoms with Gasteiger partial charge in [0.05, 0.1) is 17.7 Å². The molecule has 0 aliphatic carbocycles. The van der Waals surface area contributed by atoms with Crippen molar-refractivity contribution < 1.29 is 23.8 Å². The largest absolute Gasteiger partial charge is 0.507 e. The standard InChI is InChI=1S/C31H29FN2O4/c1-18(2)38-26-14-11-21(15-19(26)3)29(35)27-28(24-17-33(4)25-8-6-5-7-23(24)25)34(31(37)30(27)36)16-20-9-12-22(32)13-10-20/h5-15,17-18,28,35H,16H2,1-4H3/b29-27+. The van der Waals surface area contributed by atoms with E-state index in [1.807, 2.05) is 62.8 Å². The first-order valence-electron chi connectivity index (χ1n) is 12.5. The number of hydrogen-bond acceptors (Lipinski definition) is 4. The Kier molecular flexibility index (Phi) is 6.53. The summed E-state index contributed by atoms with van der Waals surface area (Å²) in [6.07, 6.45) is 1.87. The monoisotopic (exact) mass is 512 g/mol. The summed E-state index contributed by atoms with van der Waals surface area (Å²) in [4.78, 5) is 28.4. The Morgan fingerprint density at radius 2 is 1.76 bits per heavy atom. The molecule has 1 amide bonds. The molecule has 1 aliphatic rings. The second-order valence-electron chi connectivity index (χ2n) is 9.91. The van der Waals surface area contributed by atoms with Crippen LogP contribution in [-0.4, -0.2) is 32.4 Å². The van der Waals surface area contributed by atoms with Crippen LogP contribution in [0, 0.1) is 12.7 Å². The molecule has 0 bridgehead atoms. The molecule has 1 saturated heterocycles. The van der Waals surface area contributed by atoms with Gasteiger partial charge < -0.3 is 19.3 Å². The van der Waals surface area contributed by atoms with Gasteiger partial charge in [0.1, 0.15) is 17.3 Å². The maximum Gasteiger partial charge on any atom is 0.295 e. The molecule has 7 heteroatoms. The second kappa shape index (κ2) is 9.82. The molecule has 194 valence electrons. The van der Waals surface area contributed by atoms with Crippen LogP contribution in [0.25, 0.3) is 16.7 Å². The Labute approximate surface area is 220 Å². The van der Waals surface area contributed by atoms with E-state index < -0.39 is 17.7 Å². The van der Waals surface area contributed by atoms with Crippen LogP contribution >= 0.6 is 0 Å². The predicted octanol–water partition coefficient (Wildman–Crippen LogP) is 6.03. The Morgan fingerprint density at radius 1 is 1.05 bits per heavy atom. The molecule has 5 rings (SSSR count). The Bertz CT molecular complexity index is 1580. The summed E-state index contributed by atoms with van der Waals surface area (Å²) in [5, 5.41) is 12.4. The number of likely N-dealkylation sites (tertiary alicyclic amines) is 1. The van der Waals surface area contributed by atoms with Crippen LogP contribution in [0.3, 0.4) is 0 Å². The summed E-state index contributed by atoms with van der Waals surface area (Å²) in [6, 6.07) is 17.9. The highest BCUT2D eigenvalue weighted by atomic mass is 19.1. The van der Waals surface area contributed by atoms with Gasteiger partial charge in [-0.3, -0.25) is 9.59 Å². The summed E-state index contributed by atoms with van der Waals surface area (Å²) in [7, 11) is 1.90. The van der Waals surface area contributed by atoms with Crippen LogP contribution in [0.5, 0.6) is 5.75 Å². The number of para-hydroxylation sites is 1. The molecule has 6 nitrogen and oxygen atoms in total. The van der Waals surface area contributed by atoms with Crippen LogP contribution < -0.4 is 4.74 Å². The normalized spacial score (nSPS) is 17.1. The number of amides is 1. The summed E-state index contributed by atoms with van der Waals surface area (Å²) in [5.41, 5.74) is 3.56. The first-order valence-corrected chi connectivity index (χ1v) is 12.5. The van der Waals surface area contributed by atoms with E-state index >= 15 is 0 Å². The first-order chi connectivity index (χ1) is 18.2. The number of benzene rings is 3. The van der Waals surface area contributed by atoms with Crippen molar-refractivity contribution in [2.45, 2.75) is 39.5 Å². The lowest BCUT2D eigenvalue weighted by molar-refractivity contribution is -0.140. The van der Waals surface area contributed by atoms with Crippen molar-refractivity contribution in [1.29, 1.82) is 0 Å². The molecule has 1 fully saturated rings. The Morgan fingerprint density at radius 3 is 2.45 bits per heavy atom. The third-order valence-corrected chi connectivity index (χ3v) is 6.84. The van der Waals surface area contributed by atoms with Crippen molar-refractivity contribution in [1.82, 2.24) is 9.47 Å². The van der Waals surface area contributed by atoms with Gasteiger partial charge in [0.2, 0.25) is 0 Å². The number of Topliss-reactive ketones (excluding diaryl/α,β-unsaturated/α-hetero) is 1. The molecule has 1 atom stereocenters. The molecule has 1 aliphatic heterocycles. The van der Waals surface area contributed by atoms with Crippen molar-refractivity contribution in [2.75, 3.05) is 0 Å². The zero-order valence-electron chi connectivity index (χ0n) is 21.7. The van der Waals surface area contributed by atoms with E-state index in [4.69, 9.17) is 4.74 Å². The Balaban J connectivity index is 1.68. The van der Waals surface area contributed by atoms with Gasteiger partial charge in [-0.2, -0.15) is 0 Å². The maximum atomic E-state index is 13.6. The van der Waals surface area contributed by atoms with E-state index in [0.29, 0.717) is 16.9 Å². The molecular weight excluding hydrogens is 483 g/mol. The highest BCUT2D eigenvalue weighted by Gasteiger charge is 2.47. The number of hydrogen-bond donors (Lipinski definition) is 1. The summed E-state index contributed by atoms with van der Waals surface area (Å²) < 4.78 is 21.3. The fraction of sp³-hybridized carbons (Fsp3) is 0.226. The molecule has 2 heterocycles. The quantitative estimate of drug-likeness (QED) is 0.194. The number of ether oxygens (including phenoxy) is 1. The third-order valence-electron chi connectivity index (χ3n) is 6.84. The Hall–Kier alpha value is -4.39. The zero-order valence-corrected chi connectivity index (χ0v) is 21.7. The van der Waals surface area contributed by atoms with Gasteiger partial charge in [-0.25, -0.2) is 4.39 Å². The van der Waals surface area contributed by atoms with Crippen LogP contribution in [-0.2, 0) is 23.2 Å². The van der Waals surface area contributed by atoms with Crippen LogP contribution in [0.4, 0.5) is 4.39 Å². The molecular formula is C31H29FN2O4. The van der Waals surface area contributed by atoms with Gasteiger partial charge in [-0.05, 0) is 68.3 Å². The van der Waals surface area contributed by atoms with Gasteiger partial charge in [-0.1, -0.05) is 30.3 Å². The molecule has 0 radical (unpaired) electrons. The lowest BCUT2D eigenvalue weighted by atomic mass is 9.94. The number of aliphatic hydroxyl groups excluding tert-OH is 1. The summed E-state index contributed by atoms with van der Waals surface area (Å²) in [6.45, 7) is 5.81. The topological polar surface area (TPSA) is 71.8 Å². The first kappa shape index (κ1) is 25.3. The van der Waals surface area contributed by atoms with Crippen molar-refractivity contribution in [3.63, 3.8) is 0 Å². The van der Waals surface area contributed by atoms with Crippen LogP contribution in [0.2, 0.25) is 0 Å². The molecule has 1 unspecified atom stereocenters. The van der Waals surface area contributed by atoms with Crippen molar-refractivity contribution in [3.8, 4) is 5.75 Å². The minimum atomic E-state index is -0.835. The highest BCUT2D eigenvalue weighted by molar-refractivity contribution is 6.46. The molecule has 3 aromatic carbocycles. The van der Waals surface area contributed by atoms with E-state index in [1.165, 1.54) is 17.0 Å². The number of carbonyl (C=O) groups is 2. The fourth-order valence-corrected chi connectivity index (χ4v) is 5.08. The highest BCUT2D eigenvalue weighted by Crippen LogP contribution is 2.43. The van der Waals surface area contributed by atoms with Crippen LogP contribution in [0.15, 0.2) is 78.5 Å². The van der Waals surface area contributed by atoms with Crippen molar-refractivity contribution >= 4 is 28.4 Å². The molecule has 0 saturated carbocycles. The number of aryl methyl sites for hydroxylation is 2. The number of ketones is 1. The smallest absolute Gasteiger partial charge is 0.295 e. The number of nitrogens with zero attached hydrogens (tertiary/aromatic N) is 2. The van der Waals surface area contributed by atoms with E-state index in [-0.39, 0.29) is 29.8 Å². The zero-order chi connectivity index (χ0) is 27.1. The van der Waals surface area contributed by atoms with Gasteiger partial charge in [-0.15, -0.1) is 0 Å².